The maximum Gasteiger partial charge on any atom is 0.162 e. The van der Waals surface area contributed by atoms with E-state index < -0.39 is 0 Å². The summed E-state index contributed by atoms with van der Waals surface area (Å²) in [7, 11) is 6.39. The Labute approximate surface area is 333 Å². The molecule has 296 valence electrons. The standard InChI is InChI=1S/C19H24N4O2.C10H9ClN2O2.C9H16N2.2CH4.ClH/c1-19(2,11-20)13-5-7-23(8-6-13)18-14-9-16(24-3)17(25-4)10-15(14)21-12-22-18;1-14-8-3-6-7(4-9(8)15-2)12-5-13-10(6)11;1-9(2,7-10)8-3-5-11-6-4-8;;;/h9-10,12-13H,5-8H2,1-4H3;3-5H,1-2H3;8,11H,3-6H2,1-2H3;2*1H4;1H. The molecule has 0 bridgehead atoms. The number of nitrogens with zero attached hydrogens (tertiary/aromatic N) is 7. The lowest BCUT2D eigenvalue weighted by molar-refractivity contribution is 0.228. The van der Waals surface area contributed by atoms with Crippen molar-refractivity contribution in [1.82, 2.24) is 25.3 Å². The first-order valence-corrected chi connectivity index (χ1v) is 17.5. The van der Waals surface area contributed by atoms with Gasteiger partial charge in [-0.2, -0.15) is 10.5 Å². The Morgan fingerprint density at radius 1 is 0.667 bits per heavy atom. The van der Waals surface area contributed by atoms with Crippen molar-refractivity contribution in [3.63, 3.8) is 0 Å². The fraction of sp³-hybridized carbons (Fsp3) is 0.550. The van der Waals surface area contributed by atoms with E-state index in [1.165, 1.54) is 6.33 Å². The van der Waals surface area contributed by atoms with Gasteiger partial charge < -0.3 is 29.2 Å². The van der Waals surface area contributed by atoms with E-state index in [4.69, 9.17) is 35.8 Å². The average Bonchev–Trinajstić information content (AvgIpc) is 3.17. The molecule has 0 amide bonds. The summed E-state index contributed by atoms with van der Waals surface area (Å²) >= 11 is 5.93. The summed E-state index contributed by atoms with van der Waals surface area (Å²) in [5.74, 6) is 4.49. The first-order chi connectivity index (χ1) is 24.4. The minimum Gasteiger partial charge on any atom is -0.493 e. The Hall–Kier alpha value is -4.36. The molecule has 0 radical (unpaired) electrons. The lowest BCUT2D eigenvalue weighted by atomic mass is 9.75. The summed E-state index contributed by atoms with van der Waals surface area (Å²) in [6.07, 6.45) is 7.28. The van der Waals surface area contributed by atoms with Crippen molar-refractivity contribution >= 4 is 51.6 Å². The monoisotopic (exact) mass is 784 g/mol. The number of aromatic nitrogens is 4. The Kier molecular flexibility index (Phi) is 19.0. The normalized spacial score (nSPS) is 14.5. The number of nitrogens with one attached hydrogen (secondary N) is 1. The minimum absolute atomic E-state index is 0. The molecule has 0 aliphatic carbocycles. The maximum absolute atomic E-state index is 9.37. The van der Waals surface area contributed by atoms with Gasteiger partial charge in [0, 0.05) is 36.0 Å². The smallest absolute Gasteiger partial charge is 0.162 e. The molecule has 12 nitrogen and oxygen atoms in total. The first kappa shape index (κ1) is 47.7. The molecule has 2 aromatic heterocycles. The summed E-state index contributed by atoms with van der Waals surface area (Å²) in [4.78, 5) is 19.2. The molecular formula is C40H58Cl2N8O4. The van der Waals surface area contributed by atoms with Crippen LogP contribution in [-0.4, -0.2) is 74.6 Å². The highest BCUT2D eigenvalue weighted by atomic mass is 35.5. The number of benzene rings is 2. The van der Waals surface area contributed by atoms with Crippen LogP contribution in [0, 0.1) is 45.3 Å². The summed E-state index contributed by atoms with van der Waals surface area (Å²) < 4.78 is 21.1. The van der Waals surface area contributed by atoms with Crippen molar-refractivity contribution in [2.45, 2.75) is 68.2 Å². The maximum atomic E-state index is 9.37. The van der Waals surface area contributed by atoms with Crippen molar-refractivity contribution in [3.05, 3.63) is 42.1 Å². The molecule has 14 heteroatoms. The van der Waals surface area contributed by atoms with E-state index in [0.717, 1.165) is 79.5 Å². The van der Waals surface area contributed by atoms with E-state index in [-0.39, 0.29) is 38.1 Å². The molecule has 2 fully saturated rings. The van der Waals surface area contributed by atoms with Crippen molar-refractivity contribution in [2.24, 2.45) is 22.7 Å². The number of rotatable bonds is 7. The molecule has 2 aromatic carbocycles. The molecular weight excluding hydrogens is 727 g/mol. The molecule has 2 aliphatic rings. The molecule has 0 spiro atoms. The lowest BCUT2D eigenvalue weighted by Crippen LogP contribution is -2.39. The predicted molar refractivity (Wildman–Crippen MR) is 220 cm³/mol. The summed E-state index contributed by atoms with van der Waals surface area (Å²) in [5, 5.41) is 23.7. The quantitative estimate of drug-likeness (QED) is 0.178. The second-order valence-corrected chi connectivity index (χ2v) is 14.1. The molecule has 54 heavy (non-hydrogen) atoms. The van der Waals surface area contributed by atoms with Gasteiger partial charge in [0.05, 0.1) is 62.4 Å². The molecule has 0 saturated carbocycles. The van der Waals surface area contributed by atoms with Gasteiger partial charge >= 0.3 is 0 Å². The zero-order valence-electron chi connectivity index (χ0n) is 31.3. The van der Waals surface area contributed by atoms with Gasteiger partial charge in [0.2, 0.25) is 0 Å². The fourth-order valence-corrected chi connectivity index (χ4v) is 6.71. The Morgan fingerprint density at radius 2 is 1.07 bits per heavy atom. The van der Waals surface area contributed by atoms with E-state index in [9.17, 15) is 5.26 Å². The van der Waals surface area contributed by atoms with Gasteiger partial charge in [0.1, 0.15) is 23.6 Å². The van der Waals surface area contributed by atoms with Crippen LogP contribution in [-0.2, 0) is 0 Å². The van der Waals surface area contributed by atoms with Crippen molar-refractivity contribution in [2.75, 3.05) is 59.5 Å². The Balaban J connectivity index is 0.000000431. The van der Waals surface area contributed by atoms with Gasteiger partial charge in [-0.05, 0) is 90.4 Å². The van der Waals surface area contributed by atoms with Crippen LogP contribution in [0.5, 0.6) is 23.0 Å². The summed E-state index contributed by atoms with van der Waals surface area (Å²) in [6, 6.07) is 12.2. The van der Waals surface area contributed by atoms with Crippen LogP contribution in [0.15, 0.2) is 36.9 Å². The molecule has 6 rings (SSSR count). The number of ether oxygens (including phenoxy) is 4. The number of fused-ring (bicyclic) bond motifs is 2. The molecule has 4 heterocycles. The Bertz CT molecular complexity index is 1870. The molecule has 4 aromatic rings. The molecule has 2 saturated heterocycles. The van der Waals surface area contributed by atoms with Crippen LogP contribution in [0.4, 0.5) is 5.82 Å². The van der Waals surface area contributed by atoms with E-state index in [2.05, 4.69) is 42.3 Å². The van der Waals surface area contributed by atoms with E-state index in [1.807, 2.05) is 39.8 Å². The zero-order chi connectivity index (χ0) is 37.2. The summed E-state index contributed by atoms with van der Waals surface area (Å²) in [5.41, 5.74) is 1.16. The second kappa shape index (κ2) is 21.5. The largest absolute Gasteiger partial charge is 0.493 e. The van der Waals surface area contributed by atoms with Gasteiger partial charge in [-0.3, -0.25) is 0 Å². The van der Waals surface area contributed by atoms with Crippen LogP contribution in [0.25, 0.3) is 21.8 Å². The third-order valence-corrected chi connectivity index (χ3v) is 10.3. The predicted octanol–water partition coefficient (Wildman–Crippen LogP) is 8.94. The minimum atomic E-state index is -0.281. The topological polar surface area (TPSA) is 151 Å². The van der Waals surface area contributed by atoms with Crippen LogP contribution in [0.3, 0.4) is 0 Å². The SMILES string of the molecule is C.C.CC(C)(C#N)C1CCNCC1.COc1cc2ncnc(Cl)c2cc1OC.COc1cc2ncnc(N3CCC(C(C)(C)C#N)CC3)c2cc1OC.Cl. The summed E-state index contributed by atoms with van der Waals surface area (Å²) in [6.45, 7) is 12.1. The van der Waals surface area contributed by atoms with Gasteiger partial charge in [-0.15, -0.1) is 12.4 Å². The van der Waals surface area contributed by atoms with Crippen LogP contribution in [0.2, 0.25) is 5.15 Å². The van der Waals surface area contributed by atoms with Gasteiger partial charge in [0.25, 0.3) is 0 Å². The number of nitriles is 2. The van der Waals surface area contributed by atoms with E-state index in [1.54, 1.807) is 46.9 Å². The highest BCUT2D eigenvalue weighted by molar-refractivity contribution is 6.34. The van der Waals surface area contributed by atoms with Crippen LogP contribution >= 0.6 is 24.0 Å². The number of halogens is 2. The number of anilines is 1. The van der Waals surface area contributed by atoms with Gasteiger partial charge in [-0.25, -0.2) is 19.9 Å². The van der Waals surface area contributed by atoms with Gasteiger partial charge in [0.15, 0.2) is 23.0 Å². The highest BCUT2D eigenvalue weighted by Crippen LogP contribution is 2.39. The van der Waals surface area contributed by atoms with Gasteiger partial charge in [-0.1, -0.05) is 26.5 Å². The number of methoxy groups -OCH3 is 4. The second-order valence-electron chi connectivity index (χ2n) is 13.8. The fourth-order valence-electron chi connectivity index (χ4n) is 6.51. The highest BCUT2D eigenvalue weighted by Gasteiger charge is 2.33. The number of hydrogen-bond donors (Lipinski definition) is 1. The van der Waals surface area contributed by atoms with Crippen LogP contribution in [0.1, 0.15) is 68.2 Å². The number of hydrogen-bond acceptors (Lipinski definition) is 12. The average molecular weight is 786 g/mol. The molecule has 2 aliphatic heterocycles. The first-order valence-electron chi connectivity index (χ1n) is 17.1. The van der Waals surface area contributed by atoms with Crippen molar-refractivity contribution in [3.8, 4) is 35.1 Å². The molecule has 1 N–H and O–H groups in total. The molecule has 0 unspecified atom stereocenters. The van der Waals surface area contributed by atoms with E-state index >= 15 is 0 Å². The van der Waals surface area contributed by atoms with Crippen molar-refractivity contribution in [1.29, 1.82) is 10.5 Å². The Morgan fingerprint density at radius 3 is 1.54 bits per heavy atom. The third-order valence-electron chi connectivity index (χ3n) is 9.96. The van der Waals surface area contributed by atoms with E-state index in [0.29, 0.717) is 40.0 Å². The molecule has 0 atom stereocenters. The lowest BCUT2D eigenvalue weighted by Gasteiger charge is -2.38. The van der Waals surface area contributed by atoms with Crippen LogP contribution < -0.4 is 29.2 Å². The number of piperidine rings is 2. The van der Waals surface area contributed by atoms with Crippen molar-refractivity contribution < 1.29 is 18.9 Å². The zero-order valence-corrected chi connectivity index (χ0v) is 32.9. The third kappa shape index (κ3) is 11.3.